The Morgan fingerprint density at radius 3 is 2.53 bits per heavy atom. The molecule has 8 nitrogen and oxygen atoms in total. The molecule has 1 aliphatic heterocycles. The quantitative estimate of drug-likeness (QED) is 0.645. The molecule has 1 aliphatic rings. The third-order valence-electron chi connectivity index (χ3n) is 4.90. The van der Waals surface area contributed by atoms with Crippen LogP contribution in [0.15, 0.2) is 46.0 Å². The molecule has 4 rings (SSSR count). The molecule has 0 unspecified atom stereocenters. The number of halogens is 1. The molecule has 1 amide bonds. The fourth-order valence-corrected chi connectivity index (χ4v) is 5.66. The summed E-state index contributed by atoms with van der Waals surface area (Å²) in [5.74, 6) is -0.0816. The van der Waals surface area contributed by atoms with Crippen molar-refractivity contribution in [3.8, 4) is 5.69 Å². The minimum Gasteiger partial charge on any atom is -0.336 e. The van der Waals surface area contributed by atoms with Crippen LogP contribution in [0.5, 0.6) is 0 Å². The van der Waals surface area contributed by atoms with E-state index in [4.69, 9.17) is 0 Å². The van der Waals surface area contributed by atoms with Gasteiger partial charge in [-0.3, -0.25) is 4.79 Å². The SMILES string of the molecule is Cc1nc(C(=O)N2CCC(NS(=O)(=O)c3cccs3)CC2)nn1-c1ccc(F)cc1. The van der Waals surface area contributed by atoms with Crippen LogP contribution < -0.4 is 4.72 Å². The van der Waals surface area contributed by atoms with Crippen molar-refractivity contribution in [1.82, 2.24) is 24.4 Å². The van der Waals surface area contributed by atoms with Gasteiger partial charge in [0.15, 0.2) is 0 Å². The third kappa shape index (κ3) is 4.27. The number of carbonyl (C=O) groups excluding carboxylic acids is 1. The number of thiophene rings is 1. The van der Waals surface area contributed by atoms with Gasteiger partial charge in [0.1, 0.15) is 15.9 Å². The highest BCUT2D eigenvalue weighted by Crippen LogP contribution is 2.20. The Kier molecular flexibility index (Phi) is 5.67. The highest BCUT2D eigenvalue weighted by molar-refractivity contribution is 7.91. The van der Waals surface area contributed by atoms with Gasteiger partial charge in [0.2, 0.25) is 15.8 Å². The molecule has 1 aromatic carbocycles. The molecule has 2 aromatic heterocycles. The standard InChI is InChI=1S/C19H20FN5O3S2/c1-13-21-18(22-25(13)16-6-4-14(20)5-7-16)19(26)24-10-8-15(9-11-24)23-30(27,28)17-3-2-12-29-17/h2-7,12,15,23H,8-11H2,1H3. The Bertz CT molecular complexity index is 1140. The molecule has 30 heavy (non-hydrogen) atoms. The zero-order valence-corrected chi connectivity index (χ0v) is 17.8. The first-order chi connectivity index (χ1) is 14.3. The van der Waals surface area contributed by atoms with E-state index in [1.807, 2.05) is 0 Å². The summed E-state index contributed by atoms with van der Waals surface area (Å²) >= 11 is 1.17. The van der Waals surface area contributed by atoms with Crippen molar-refractivity contribution in [2.75, 3.05) is 13.1 Å². The van der Waals surface area contributed by atoms with Gasteiger partial charge >= 0.3 is 0 Å². The lowest BCUT2D eigenvalue weighted by atomic mass is 10.1. The number of nitrogens with one attached hydrogen (secondary N) is 1. The second-order valence-electron chi connectivity index (χ2n) is 6.99. The number of hydrogen-bond donors (Lipinski definition) is 1. The fourth-order valence-electron chi connectivity index (χ4n) is 3.34. The Morgan fingerprint density at radius 2 is 1.90 bits per heavy atom. The Labute approximate surface area is 177 Å². The summed E-state index contributed by atoms with van der Waals surface area (Å²) in [5.41, 5.74) is 0.613. The molecule has 3 aromatic rings. The van der Waals surface area contributed by atoms with Crippen LogP contribution in [0.3, 0.4) is 0 Å². The average molecular weight is 450 g/mol. The number of likely N-dealkylation sites (tertiary alicyclic amines) is 1. The molecule has 11 heteroatoms. The van der Waals surface area contributed by atoms with E-state index < -0.39 is 10.0 Å². The lowest BCUT2D eigenvalue weighted by molar-refractivity contribution is 0.0699. The minimum absolute atomic E-state index is 0.0643. The minimum atomic E-state index is -3.53. The normalized spacial score (nSPS) is 15.5. The van der Waals surface area contributed by atoms with Gasteiger partial charge in [-0.25, -0.2) is 27.2 Å². The molecule has 0 aliphatic carbocycles. The molecule has 0 spiro atoms. The van der Waals surface area contributed by atoms with Crippen LogP contribution in [0, 0.1) is 12.7 Å². The van der Waals surface area contributed by atoms with Gasteiger partial charge in [0.25, 0.3) is 5.91 Å². The largest absolute Gasteiger partial charge is 0.336 e. The number of sulfonamides is 1. The van der Waals surface area contributed by atoms with E-state index in [-0.39, 0.29) is 27.8 Å². The van der Waals surface area contributed by atoms with Crippen LogP contribution in [-0.4, -0.2) is 53.1 Å². The van der Waals surface area contributed by atoms with E-state index in [1.54, 1.807) is 41.5 Å². The predicted octanol–water partition coefficient (Wildman–Crippen LogP) is 2.36. The monoisotopic (exact) mass is 449 g/mol. The van der Waals surface area contributed by atoms with Crippen molar-refractivity contribution in [1.29, 1.82) is 0 Å². The van der Waals surface area contributed by atoms with E-state index >= 15 is 0 Å². The topological polar surface area (TPSA) is 97.2 Å². The molecular formula is C19H20FN5O3S2. The summed E-state index contributed by atoms with van der Waals surface area (Å²) < 4.78 is 42.4. The number of benzene rings is 1. The van der Waals surface area contributed by atoms with Crippen LogP contribution in [0.4, 0.5) is 4.39 Å². The molecule has 0 bridgehead atoms. The summed E-state index contributed by atoms with van der Waals surface area (Å²) in [5, 5.41) is 6.00. The van der Waals surface area contributed by atoms with Gasteiger partial charge in [-0.05, 0) is 55.5 Å². The molecule has 0 atom stereocenters. The lowest BCUT2D eigenvalue weighted by Gasteiger charge is -2.31. The van der Waals surface area contributed by atoms with Gasteiger partial charge in [-0.15, -0.1) is 16.4 Å². The lowest BCUT2D eigenvalue weighted by Crippen LogP contribution is -2.46. The fraction of sp³-hybridized carbons (Fsp3) is 0.316. The summed E-state index contributed by atoms with van der Waals surface area (Å²) in [4.78, 5) is 18.7. The first-order valence-electron chi connectivity index (χ1n) is 9.38. The first-order valence-corrected chi connectivity index (χ1v) is 11.7. The van der Waals surface area contributed by atoms with Gasteiger partial charge < -0.3 is 4.90 Å². The van der Waals surface area contributed by atoms with E-state index in [0.29, 0.717) is 37.4 Å². The zero-order chi connectivity index (χ0) is 21.3. The number of hydrogen-bond acceptors (Lipinski definition) is 6. The molecule has 0 radical (unpaired) electrons. The van der Waals surface area contributed by atoms with Crippen molar-refractivity contribution >= 4 is 27.3 Å². The maximum absolute atomic E-state index is 13.1. The molecular weight excluding hydrogens is 429 g/mol. The summed E-state index contributed by atoms with van der Waals surface area (Å²) in [6, 6.07) is 8.80. The second-order valence-corrected chi connectivity index (χ2v) is 9.88. The summed E-state index contributed by atoms with van der Waals surface area (Å²) in [6.45, 7) is 2.53. The molecule has 0 saturated carbocycles. The van der Waals surface area contributed by atoms with E-state index in [0.717, 1.165) is 0 Å². The number of piperidine rings is 1. The number of aryl methyl sites for hydroxylation is 1. The molecule has 1 saturated heterocycles. The molecule has 3 heterocycles. The second kappa shape index (κ2) is 8.25. The van der Waals surface area contributed by atoms with Crippen molar-refractivity contribution in [2.24, 2.45) is 0 Å². The van der Waals surface area contributed by atoms with Crippen molar-refractivity contribution < 1.29 is 17.6 Å². The number of aromatic nitrogens is 3. The highest BCUT2D eigenvalue weighted by Gasteiger charge is 2.29. The Morgan fingerprint density at radius 1 is 1.20 bits per heavy atom. The Hall–Kier alpha value is -2.63. The van der Waals surface area contributed by atoms with Gasteiger partial charge in [0.05, 0.1) is 5.69 Å². The number of amides is 1. The summed E-state index contributed by atoms with van der Waals surface area (Å²) in [7, 11) is -3.53. The van der Waals surface area contributed by atoms with E-state index in [2.05, 4.69) is 14.8 Å². The first kappa shape index (κ1) is 20.6. The molecule has 158 valence electrons. The van der Waals surface area contributed by atoms with Crippen molar-refractivity contribution in [3.05, 3.63) is 59.2 Å². The number of rotatable bonds is 5. The van der Waals surface area contributed by atoms with Gasteiger partial charge in [0, 0.05) is 19.1 Å². The smallest absolute Gasteiger partial charge is 0.293 e. The number of nitrogens with zero attached hydrogens (tertiary/aromatic N) is 4. The van der Waals surface area contributed by atoms with Crippen molar-refractivity contribution in [2.45, 2.75) is 30.0 Å². The maximum atomic E-state index is 13.1. The molecule has 1 fully saturated rings. The predicted molar refractivity (Wildman–Crippen MR) is 110 cm³/mol. The zero-order valence-electron chi connectivity index (χ0n) is 16.2. The van der Waals surface area contributed by atoms with Crippen LogP contribution >= 0.6 is 11.3 Å². The van der Waals surface area contributed by atoms with Gasteiger partial charge in [-0.1, -0.05) is 6.07 Å². The Balaban J connectivity index is 1.40. The molecule has 1 N–H and O–H groups in total. The van der Waals surface area contributed by atoms with Gasteiger partial charge in [-0.2, -0.15) is 0 Å². The van der Waals surface area contributed by atoms with Crippen LogP contribution in [0.1, 0.15) is 29.3 Å². The maximum Gasteiger partial charge on any atom is 0.293 e. The number of carbonyl (C=O) groups is 1. The van der Waals surface area contributed by atoms with Crippen molar-refractivity contribution in [3.63, 3.8) is 0 Å². The van der Waals surface area contributed by atoms with Crippen LogP contribution in [-0.2, 0) is 10.0 Å². The van der Waals surface area contributed by atoms with E-state index in [1.165, 1.54) is 28.2 Å². The van der Waals surface area contributed by atoms with E-state index in [9.17, 15) is 17.6 Å². The van der Waals surface area contributed by atoms with Crippen LogP contribution in [0.2, 0.25) is 0 Å². The average Bonchev–Trinajstić information content (AvgIpc) is 3.39. The third-order valence-corrected chi connectivity index (χ3v) is 7.81. The summed E-state index contributed by atoms with van der Waals surface area (Å²) in [6.07, 6.45) is 1.02. The highest BCUT2D eigenvalue weighted by atomic mass is 32.2. The van der Waals surface area contributed by atoms with Crippen LogP contribution in [0.25, 0.3) is 5.69 Å².